The highest BCUT2D eigenvalue weighted by Gasteiger charge is 2.45. The lowest BCUT2D eigenvalue weighted by molar-refractivity contribution is -0.0587. The molecule has 2 aromatic rings. The van der Waals surface area contributed by atoms with Crippen molar-refractivity contribution in [3.8, 4) is 11.8 Å². The number of aliphatic hydroxyl groups is 1. The lowest BCUT2D eigenvalue weighted by Crippen LogP contribution is -2.56. The van der Waals surface area contributed by atoms with Crippen molar-refractivity contribution >= 4 is 0 Å². The van der Waals surface area contributed by atoms with Gasteiger partial charge in [0.15, 0.2) is 0 Å². The van der Waals surface area contributed by atoms with Crippen LogP contribution in [0, 0.1) is 18.3 Å². The molecule has 30 heavy (non-hydrogen) atoms. The van der Waals surface area contributed by atoms with Gasteiger partial charge in [-0.1, -0.05) is 6.07 Å². The van der Waals surface area contributed by atoms with Crippen LogP contribution in [0.15, 0.2) is 30.3 Å². The predicted octanol–water partition coefficient (Wildman–Crippen LogP) is 3.38. The van der Waals surface area contributed by atoms with E-state index in [0.717, 1.165) is 61.6 Å². The lowest BCUT2D eigenvalue weighted by atomic mass is 9.81. The maximum atomic E-state index is 11.1. The van der Waals surface area contributed by atoms with Gasteiger partial charge in [-0.05, 0) is 76.1 Å². The number of hydrogen-bond donors (Lipinski definition) is 1. The van der Waals surface area contributed by atoms with Gasteiger partial charge >= 0.3 is 0 Å². The minimum Gasteiger partial charge on any atom is -0.491 e. The Hall–Kier alpha value is -2.33. The maximum Gasteiger partial charge on any atom is 0.133 e. The Bertz CT molecular complexity index is 951. The maximum absolute atomic E-state index is 11.1. The van der Waals surface area contributed by atoms with Crippen LogP contribution >= 0.6 is 0 Å². The minimum atomic E-state index is -0.621. The molecule has 1 aromatic carbocycles. The third-order valence-corrected chi connectivity index (χ3v) is 6.79. The van der Waals surface area contributed by atoms with E-state index >= 15 is 0 Å². The third kappa shape index (κ3) is 3.51. The van der Waals surface area contributed by atoms with Crippen molar-refractivity contribution in [3.05, 3.63) is 52.8 Å². The first-order chi connectivity index (χ1) is 14.4. The van der Waals surface area contributed by atoms with Crippen LogP contribution in [0.3, 0.4) is 0 Å². The van der Waals surface area contributed by atoms with Crippen LogP contribution in [0.4, 0.5) is 0 Å². The molecule has 1 spiro atoms. The smallest absolute Gasteiger partial charge is 0.133 e. The zero-order chi connectivity index (χ0) is 21.5. The molecule has 6 nitrogen and oxygen atoms in total. The number of fused-ring (bicyclic) bond motifs is 2. The summed E-state index contributed by atoms with van der Waals surface area (Å²) in [5.74, 6) is 0.872. The van der Waals surface area contributed by atoms with Crippen LogP contribution < -0.4 is 4.74 Å². The summed E-state index contributed by atoms with van der Waals surface area (Å²) >= 11 is 0. The lowest BCUT2D eigenvalue weighted by Gasteiger charge is -2.51. The van der Waals surface area contributed by atoms with Gasteiger partial charge < -0.3 is 14.4 Å². The number of aryl methyl sites for hydroxylation is 1. The number of rotatable bonds is 4. The molecule has 2 aliphatic rings. The van der Waals surface area contributed by atoms with Gasteiger partial charge in [0.05, 0.1) is 11.6 Å². The average Bonchev–Trinajstić information content (AvgIpc) is 3.16. The van der Waals surface area contributed by atoms with Gasteiger partial charge in [0.1, 0.15) is 23.7 Å². The van der Waals surface area contributed by atoms with Crippen molar-refractivity contribution in [2.24, 2.45) is 0 Å². The molecular weight excluding hydrogens is 376 g/mol. The normalized spacial score (nSPS) is 20.2. The molecule has 0 radical (unpaired) electrons. The first kappa shape index (κ1) is 20.9. The number of aliphatic hydroxyl groups excluding tert-OH is 1. The van der Waals surface area contributed by atoms with E-state index < -0.39 is 6.23 Å². The Balaban J connectivity index is 1.50. The fourth-order valence-electron chi connectivity index (χ4n) is 5.08. The Morgan fingerprint density at radius 1 is 1.10 bits per heavy atom. The quantitative estimate of drug-likeness (QED) is 0.840. The molecule has 0 aliphatic carbocycles. The number of likely N-dealkylation sites (N-methyl/N-ethyl adjacent to an activating group) is 1. The number of piperidine rings is 1. The van der Waals surface area contributed by atoms with E-state index in [1.54, 1.807) is 0 Å². The van der Waals surface area contributed by atoms with Crippen molar-refractivity contribution in [2.45, 2.75) is 58.0 Å². The van der Waals surface area contributed by atoms with E-state index in [0.29, 0.717) is 0 Å². The summed E-state index contributed by atoms with van der Waals surface area (Å²) in [4.78, 5) is 4.60. The molecule has 160 valence electrons. The van der Waals surface area contributed by atoms with Gasteiger partial charge in [0.2, 0.25) is 0 Å². The van der Waals surface area contributed by atoms with Crippen LogP contribution in [-0.2, 0) is 12.1 Å². The standard InChI is InChI=1S/C24H32N4O2/c1-17(2)30-21-7-5-19(15-18(21)3)23(29)27-11-9-24(10-12-27)22-8-6-20(16-25)28(22)14-13-26(24)4/h5-8,15,17,23,29H,9-14H2,1-4H3. The van der Waals surface area contributed by atoms with Crippen molar-refractivity contribution in [3.63, 3.8) is 0 Å². The van der Waals surface area contributed by atoms with Crippen molar-refractivity contribution in [1.82, 2.24) is 14.4 Å². The second kappa shape index (κ2) is 8.07. The van der Waals surface area contributed by atoms with Crippen LogP contribution in [0.1, 0.15) is 55.4 Å². The van der Waals surface area contributed by atoms with E-state index in [1.807, 2.05) is 45.0 Å². The fraction of sp³-hybridized carbons (Fsp3) is 0.542. The average molecular weight is 409 g/mol. The molecule has 0 bridgehead atoms. The van der Waals surface area contributed by atoms with Gasteiger partial charge in [-0.15, -0.1) is 0 Å². The van der Waals surface area contributed by atoms with Crippen LogP contribution in [0.2, 0.25) is 0 Å². The van der Waals surface area contributed by atoms with Crippen molar-refractivity contribution in [2.75, 3.05) is 26.7 Å². The zero-order valence-corrected chi connectivity index (χ0v) is 18.4. The number of hydrogen-bond acceptors (Lipinski definition) is 5. The van der Waals surface area contributed by atoms with Gasteiger partial charge in [0, 0.05) is 31.9 Å². The molecule has 6 heteroatoms. The molecule has 1 fully saturated rings. The number of nitrogens with zero attached hydrogens (tertiary/aromatic N) is 4. The van der Waals surface area contributed by atoms with Crippen LogP contribution in [0.5, 0.6) is 5.75 Å². The Labute approximate surface area is 179 Å². The zero-order valence-electron chi connectivity index (χ0n) is 18.4. The second-order valence-corrected chi connectivity index (χ2v) is 8.92. The van der Waals surface area contributed by atoms with E-state index in [9.17, 15) is 10.4 Å². The molecule has 2 aliphatic heterocycles. The van der Waals surface area contributed by atoms with E-state index in [4.69, 9.17) is 4.74 Å². The minimum absolute atomic E-state index is 0.0611. The fourth-order valence-corrected chi connectivity index (χ4v) is 5.08. The third-order valence-electron chi connectivity index (χ3n) is 6.79. The summed E-state index contributed by atoms with van der Waals surface area (Å²) in [5.41, 5.74) is 3.88. The number of aromatic nitrogens is 1. The van der Waals surface area contributed by atoms with Gasteiger partial charge in [-0.2, -0.15) is 5.26 Å². The van der Waals surface area contributed by atoms with Crippen LogP contribution in [-0.4, -0.2) is 52.3 Å². The van der Waals surface area contributed by atoms with E-state index in [2.05, 4.69) is 33.6 Å². The second-order valence-electron chi connectivity index (χ2n) is 8.92. The molecule has 4 rings (SSSR count). The molecule has 0 saturated carbocycles. The van der Waals surface area contributed by atoms with Gasteiger partial charge in [-0.3, -0.25) is 9.80 Å². The van der Waals surface area contributed by atoms with Gasteiger partial charge in [-0.25, -0.2) is 0 Å². The number of ether oxygens (including phenoxy) is 1. The number of nitriles is 1. The summed E-state index contributed by atoms with van der Waals surface area (Å²) < 4.78 is 8.01. The SMILES string of the molecule is Cc1cc(C(O)N2CCC3(CC2)c2ccc(C#N)n2CCN3C)ccc1OC(C)C. The molecule has 1 atom stereocenters. The highest BCUT2D eigenvalue weighted by atomic mass is 16.5. The molecule has 1 aromatic heterocycles. The van der Waals surface area contributed by atoms with Gasteiger partial charge in [0.25, 0.3) is 0 Å². The first-order valence-electron chi connectivity index (χ1n) is 10.9. The first-order valence-corrected chi connectivity index (χ1v) is 10.9. The molecule has 0 amide bonds. The van der Waals surface area contributed by atoms with E-state index in [1.165, 1.54) is 5.69 Å². The molecule has 1 saturated heterocycles. The highest BCUT2D eigenvalue weighted by molar-refractivity contribution is 5.37. The monoisotopic (exact) mass is 408 g/mol. The Morgan fingerprint density at radius 2 is 1.83 bits per heavy atom. The number of benzene rings is 1. The van der Waals surface area contributed by atoms with Crippen LogP contribution in [0.25, 0.3) is 0 Å². The van der Waals surface area contributed by atoms with Crippen molar-refractivity contribution < 1.29 is 9.84 Å². The summed E-state index contributed by atoms with van der Waals surface area (Å²) in [6.45, 7) is 9.48. The highest BCUT2D eigenvalue weighted by Crippen LogP contribution is 2.42. The molecule has 3 heterocycles. The topological polar surface area (TPSA) is 64.7 Å². The van der Waals surface area contributed by atoms with E-state index in [-0.39, 0.29) is 11.6 Å². The summed E-state index contributed by atoms with van der Waals surface area (Å²) in [5, 5.41) is 20.5. The summed E-state index contributed by atoms with van der Waals surface area (Å²) in [7, 11) is 2.19. The number of likely N-dealkylation sites (tertiary alicyclic amines) is 1. The molecular formula is C24H32N4O2. The Kier molecular flexibility index (Phi) is 5.63. The molecule has 1 N–H and O–H groups in total. The molecule has 1 unspecified atom stereocenters. The predicted molar refractivity (Wildman–Crippen MR) is 116 cm³/mol. The Morgan fingerprint density at radius 3 is 2.47 bits per heavy atom. The largest absolute Gasteiger partial charge is 0.491 e. The summed E-state index contributed by atoms with van der Waals surface area (Å²) in [6, 6.07) is 12.4. The van der Waals surface area contributed by atoms with Crippen molar-refractivity contribution in [1.29, 1.82) is 5.26 Å². The summed E-state index contributed by atoms with van der Waals surface area (Å²) in [6.07, 6.45) is 1.38.